The van der Waals surface area contributed by atoms with Crippen molar-refractivity contribution in [3.8, 4) is 0 Å². The van der Waals surface area contributed by atoms with Crippen molar-refractivity contribution in [2.24, 2.45) is 0 Å². The molecule has 6 heteroatoms. The molecule has 0 spiro atoms. The summed E-state index contributed by atoms with van der Waals surface area (Å²) in [6, 6.07) is 2.88. The topological polar surface area (TPSA) is 0 Å². The van der Waals surface area contributed by atoms with Crippen LogP contribution in [0.3, 0.4) is 0 Å². The Morgan fingerprint density at radius 1 is 1.29 bits per heavy atom. The van der Waals surface area contributed by atoms with Gasteiger partial charge in [0.15, 0.2) is 0 Å². The minimum atomic E-state index is -4.43. The molecule has 0 amide bonds. The highest BCUT2D eigenvalue weighted by atomic mass is 79.9. The molecule has 14 heavy (non-hydrogen) atoms. The first-order chi connectivity index (χ1) is 6.38. The SMILES string of the molecule is FC(F)(F)c1c(CBr)ccc(Br)c1Cl. The smallest absolute Gasteiger partial charge is 0.166 e. The number of alkyl halides is 4. The van der Waals surface area contributed by atoms with Gasteiger partial charge in [0.25, 0.3) is 0 Å². The van der Waals surface area contributed by atoms with Gasteiger partial charge < -0.3 is 0 Å². The molecule has 0 bridgehead atoms. The molecule has 0 N–H and O–H groups in total. The van der Waals surface area contributed by atoms with Crippen LogP contribution in [-0.4, -0.2) is 0 Å². The summed E-state index contributed by atoms with van der Waals surface area (Å²) in [6.45, 7) is 0. The van der Waals surface area contributed by atoms with Crippen molar-refractivity contribution in [1.29, 1.82) is 0 Å². The summed E-state index contributed by atoms with van der Waals surface area (Å²) in [7, 11) is 0. The van der Waals surface area contributed by atoms with Crippen molar-refractivity contribution >= 4 is 43.5 Å². The summed E-state index contributed by atoms with van der Waals surface area (Å²) in [5.74, 6) is 0. The first-order valence-corrected chi connectivity index (χ1v) is 5.77. The Labute approximate surface area is 101 Å². The molecular weight excluding hydrogens is 348 g/mol. The van der Waals surface area contributed by atoms with E-state index in [4.69, 9.17) is 11.6 Å². The zero-order chi connectivity index (χ0) is 10.9. The lowest BCUT2D eigenvalue weighted by molar-refractivity contribution is -0.138. The molecule has 0 fully saturated rings. The van der Waals surface area contributed by atoms with E-state index in [0.717, 1.165) is 0 Å². The van der Waals surface area contributed by atoms with Gasteiger partial charge in [-0.05, 0) is 27.6 Å². The lowest BCUT2D eigenvalue weighted by Gasteiger charge is -2.13. The lowest BCUT2D eigenvalue weighted by Crippen LogP contribution is -2.09. The predicted octanol–water partition coefficient (Wildman–Crippen LogP) is 5.02. The van der Waals surface area contributed by atoms with Gasteiger partial charge in [0.1, 0.15) is 0 Å². The summed E-state index contributed by atoms with van der Waals surface area (Å²) in [5, 5.41) is -0.177. The molecule has 1 rings (SSSR count). The monoisotopic (exact) mass is 350 g/mol. The van der Waals surface area contributed by atoms with Crippen molar-refractivity contribution in [1.82, 2.24) is 0 Å². The highest BCUT2D eigenvalue weighted by Crippen LogP contribution is 2.41. The van der Waals surface area contributed by atoms with Gasteiger partial charge in [0.2, 0.25) is 0 Å². The highest BCUT2D eigenvalue weighted by molar-refractivity contribution is 9.10. The third kappa shape index (κ3) is 2.44. The molecule has 78 valence electrons. The third-order valence-corrected chi connectivity index (χ3v) is 3.49. The van der Waals surface area contributed by atoms with E-state index in [0.29, 0.717) is 0 Å². The molecule has 0 saturated carbocycles. The van der Waals surface area contributed by atoms with Crippen LogP contribution in [0.25, 0.3) is 0 Å². The summed E-state index contributed by atoms with van der Waals surface area (Å²) >= 11 is 11.5. The van der Waals surface area contributed by atoms with Crippen molar-refractivity contribution in [3.63, 3.8) is 0 Å². The van der Waals surface area contributed by atoms with Crippen LogP contribution < -0.4 is 0 Å². The van der Waals surface area contributed by atoms with Gasteiger partial charge in [-0.2, -0.15) is 13.2 Å². The maximum absolute atomic E-state index is 12.6. The minimum Gasteiger partial charge on any atom is -0.166 e. The van der Waals surface area contributed by atoms with E-state index in [9.17, 15) is 13.2 Å². The Kier molecular flexibility index (Phi) is 3.88. The maximum atomic E-state index is 12.6. The van der Waals surface area contributed by atoms with Gasteiger partial charge in [-0.3, -0.25) is 0 Å². The fraction of sp³-hybridized carbons (Fsp3) is 0.250. The number of hydrogen-bond acceptors (Lipinski definition) is 0. The van der Waals surface area contributed by atoms with Crippen LogP contribution in [-0.2, 0) is 11.5 Å². The van der Waals surface area contributed by atoms with Crippen LogP contribution in [0, 0.1) is 0 Å². The molecule has 0 atom stereocenters. The van der Waals surface area contributed by atoms with E-state index in [2.05, 4.69) is 31.9 Å². The van der Waals surface area contributed by atoms with Crippen LogP contribution in [0.5, 0.6) is 0 Å². The lowest BCUT2D eigenvalue weighted by atomic mass is 10.1. The molecule has 0 saturated heterocycles. The number of halogens is 6. The quantitative estimate of drug-likeness (QED) is 0.623. The molecule has 0 aliphatic rings. The van der Waals surface area contributed by atoms with Gasteiger partial charge in [-0.25, -0.2) is 0 Å². The fourth-order valence-corrected chi connectivity index (χ4v) is 2.10. The fourth-order valence-electron chi connectivity index (χ4n) is 1.01. The van der Waals surface area contributed by atoms with Gasteiger partial charge in [0.05, 0.1) is 10.6 Å². The molecule has 1 aromatic rings. The van der Waals surface area contributed by atoms with E-state index in [1.165, 1.54) is 12.1 Å². The second-order valence-corrected chi connectivity index (χ2v) is 4.32. The first kappa shape index (κ1) is 12.3. The van der Waals surface area contributed by atoms with Gasteiger partial charge in [-0.15, -0.1) is 0 Å². The average Bonchev–Trinajstić information content (AvgIpc) is 2.07. The Balaban J connectivity index is 3.44. The van der Waals surface area contributed by atoms with Crippen molar-refractivity contribution in [3.05, 3.63) is 32.8 Å². The van der Waals surface area contributed by atoms with Crippen molar-refractivity contribution in [2.75, 3.05) is 0 Å². The Bertz CT molecular complexity index is 349. The van der Waals surface area contributed by atoms with Crippen molar-refractivity contribution < 1.29 is 13.2 Å². The molecule has 0 nitrogen and oxygen atoms in total. The van der Waals surface area contributed by atoms with Crippen LogP contribution in [0.15, 0.2) is 16.6 Å². The van der Waals surface area contributed by atoms with Crippen LogP contribution >= 0.6 is 43.5 Å². The van der Waals surface area contributed by atoms with Crippen LogP contribution in [0.4, 0.5) is 13.2 Å². The highest BCUT2D eigenvalue weighted by Gasteiger charge is 2.36. The Hall–Kier alpha value is 0.260. The van der Waals surface area contributed by atoms with E-state index in [1.807, 2.05) is 0 Å². The summed E-state index contributed by atoms with van der Waals surface area (Å²) in [4.78, 5) is 0. The number of hydrogen-bond donors (Lipinski definition) is 0. The first-order valence-electron chi connectivity index (χ1n) is 3.48. The molecule has 0 aliphatic carbocycles. The van der Waals surface area contributed by atoms with Gasteiger partial charge >= 0.3 is 6.18 Å². The molecule has 0 aliphatic heterocycles. The Morgan fingerprint density at radius 2 is 1.86 bits per heavy atom. The molecule has 0 radical (unpaired) electrons. The van der Waals surface area contributed by atoms with E-state index >= 15 is 0 Å². The third-order valence-electron chi connectivity index (χ3n) is 1.61. The average molecular weight is 352 g/mol. The molecular formula is C8H4Br2ClF3. The molecule has 0 unspecified atom stereocenters. The molecule has 1 aromatic carbocycles. The number of rotatable bonds is 1. The molecule has 0 aromatic heterocycles. The standard InChI is InChI=1S/C8H4Br2ClF3/c9-3-4-1-2-5(10)7(11)6(4)8(12,13)14/h1-2H,3H2. The minimum absolute atomic E-state index is 0.120. The van der Waals surface area contributed by atoms with E-state index in [1.54, 1.807) is 0 Å². The normalized spacial score (nSPS) is 11.9. The summed E-state index contributed by atoms with van der Waals surface area (Å²) in [5.41, 5.74) is -0.656. The van der Waals surface area contributed by atoms with Gasteiger partial charge in [-0.1, -0.05) is 33.6 Å². The predicted molar refractivity (Wildman–Crippen MR) is 56.8 cm³/mol. The van der Waals surface area contributed by atoms with Crippen LogP contribution in [0.2, 0.25) is 5.02 Å². The Morgan fingerprint density at radius 3 is 2.29 bits per heavy atom. The second-order valence-electron chi connectivity index (χ2n) is 2.53. The van der Waals surface area contributed by atoms with Gasteiger partial charge in [0, 0.05) is 9.80 Å². The van der Waals surface area contributed by atoms with E-state index in [-0.39, 0.29) is 20.4 Å². The molecule has 0 heterocycles. The summed E-state index contributed by atoms with van der Waals surface area (Å²) in [6.07, 6.45) is -4.43. The zero-order valence-electron chi connectivity index (χ0n) is 6.63. The summed E-state index contributed by atoms with van der Waals surface area (Å²) < 4.78 is 37.9. The van der Waals surface area contributed by atoms with E-state index < -0.39 is 11.7 Å². The zero-order valence-corrected chi connectivity index (χ0v) is 10.6. The maximum Gasteiger partial charge on any atom is 0.418 e. The number of benzene rings is 1. The second kappa shape index (κ2) is 4.41. The van der Waals surface area contributed by atoms with Crippen LogP contribution in [0.1, 0.15) is 11.1 Å². The van der Waals surface area contributed by atoms with Crippen molar-refractivity contribution in [2.45, 2.75) is 11.5 Å². The largest absolute Gasteiger partial charge is 0.418 e.